The van der Waals surface area contributed by atoms with Crippen molar-refractivity contribution in [2.75, 3.05) is 7.05 Å². The Labute approximate surface area is 81.0 Å². The molecule has 2 rings (SSSR count). The van der Waals surface area contributed by atoms with E-state index in [0.717, 1.165) is 5.69 Å². The molecule has 0 aromatic carbocycles. The summed E-state index contributed by atoms with van der Waals surface area (Å²) < 4.78 is 1.82. The number of hydrogen-bond donors (Lipinski definition) is 1. The van der Waals surface area contributed by atoms with E-state index in [-0.39, 0.29) is 12.1 Å². The molecule has 0 fully saturated rings. The predicted molar refractivity (Wildman–Crippen MR) is 50.7 cm³/mol. The van der Waals surface area contributed by atoms with Gasteiger partial charge in [-0.2, -0.15) is 4.99 Å². The average molecular weight is 193 g/mol. The number of aliphatic imine (C=N–C) groups is 1. The van der Waals surface area contributed by atoms with Gasteiger partial charge < -0.3 is 15.2 Å². The molecule has 0 bridgehead atoms. The maximum atomic E-state index is 11.2. The van der Waals surface area contributed by atoms with Crippen LogP contribution in [-0.2, 0) is 7.05 Å². The van der Waals surface area contributed by atoms with Crippen LogP contribution in [0.1, 0.15) is 11.7 Å². The van der Waals surface area contributed by atoms with Crippen LogP contribution in [0.5, 0.6) is 0 Å². The monoisotopic (exact) mass is 193 g/mol. The number of aromatic nitrogens is 2. The zero-order chi connectivity index (χ0) is 10.3. The lowest BCUT2D eigenvalue weighted by atomic mass is 10.2. The van der Waals surface area contributed by atoms with Gasteiger partial charge in [0.25, 0.3) is 0 Å². The van der Waals surface area contributed by atoms with E-state index in [1.54, 1.807) is 19.6 Å². The summed E-state index contributed by atoms with van der Waals surface area (Å²) in [6.07, 6.45) is 3.35. The molecule has 0 radical (unpaired) electrons. The highest BCUT2D eigenvalue weighted by Crippen LogP contribution is 2.23. The lowest BCUT2D eigenvalue weighted by Crippen LogP contribution is -2.31. The molecule has 14 heavy (non-hydrogen) atoms. The maximum absolute atomic E-state index is 11.2. The highest BCUT2D eigenvalue weighted by molar-refractivity contribution is 6.02. The van der Waals surface area contributed by atoms with Crippen LogP contribution in [0.4, 0.5) is 4.79 Å². The highest BCUT2D eigenvalue weighted by Gasteiger charge is 2.33. The van der Waals surface area contributed by atoms with E-state index in [1.165, 1.54) is 4.90 Å². The van der Waals surface area contributed by atoms with Gasteiger partial charge in [0.1, 0.15) is 11.9 Å². The predicted octanol–water partition coefficient (Wildman–Crippen LogP) is -0.116. The minimum absolute atomic E-state index is 0.282. The van der Waals surface area contributed by atoms with Gasteiger partial charge in [-0.3, -0.25) is 0 Å². The maximum Gasteiger partial charge on any atom is 0.345 e. The topological polar surface area (TPSA) is 76.5 Å². The van der Waals surface area contributed by atoms with E-state index >= 15 is 0 Å². The van der Waals surface area contributed by atoms with E-state index < -0.39 is 0 Å². The first-order valence-corrected chi connectivity index (χ1v) is 4.18. The molecule has 0 saturated heterocycles. The molecule has 6 nitrogen and oxygen atoms in total. The standard InChI is InChI=1S/C8H11N5O/c1-12-4-10-3-5(12)6-7(9)11-8(14)13(6)2/h3-4,6H,1-2H3,(H2,9,11,14). The van der Waals surface area contributed by atoms with Crippen molar-refractivity contribution in [3.8, 4) is 0 Å². The second kappa shape index (κ2) is 2.83. The third-order valence-corrected chi connectivity index (χ3v) is 2.33. The van der Waals surface area contributed by atoms with Gasteiger partial charge in [-0.1, -0.05) is 0 Å². The van der Waals surface area contributed by atoms with E-state index in [0.29, 0.717) is 5.84 Å². The molecule has 1 aromatic rings. The second-order valence-electron chi connectivity index (χ2n) is 3.26. The molecule has 6 heteroatoms. The Morgan fingerprint density at radius 3 is 2.64 bits per heavy atom. The number of nitrogens with two attached hydrogens (primary N) is 1. The number of rotatable bonds is 1. The largest absolute Gasteiger partial charge is 0.385 e. The number of amidine groups is 1. The van der Waals surface area contributed by atoms with Crippen molar-refractivity contribution in [3.05, 3.63) is 18.2 Å². The zero-order valence-corrected chi connectivity index (χ0v) is 8.01. The molecule has 2 heterocycles. The van der Waals surface area contributed by atoms with Crippen molar-refractivity contribution in [2.24, 2.45) is 17.8 Å². The van der Waals surface area contributed by atoms with Crippen molar-refractivity contribution in [3.63, 3.8) is 0 Å². The Balaban J connectivity index is 2.41. The van der Waals surface area contributed by atoms with E-state index in [9.17, 15) is 4.79 Å². The molecule has 1 aromatic heterocycles. The number of hydrogen-bond acceptors (Lipinski definition) is 3. The summed E-state index contributed by atoms with van der Waals surface area (Å²) in [5.74, 6) is 0.320. The van der Waals surface area contributed by atoms with Crippen LogP contribution in [0.2, 0.25) is 0 Å². The molecule has 0 aliphatic carbocycles. The first kappa shape index (κ1) is 8.74. The van der Waals surface area contributed by atoms with Crippen LogP contribution in [0.15, 0.2) is 17.5 Å². The quantitative estimate of drug-likeness (QED) is 0.675. The molecule has 74 valence electrons. The van der Waals surface area contributed by atoms with Gasteiger partial charge in [-0.05, 0) is 0 Å². The minimum atomic E-state index is -0.311. The average Bonchev–Trinajstić information content (AvgIpc) is 2.60. The fourth-order valence-corrected chi connectivity index (χ4v) is 1.54. The first-order chi connectivity index (χ1) is 6.61. The summed E-state index contributed by atoms with van der Waals surface area (Å²) in [6, 6.07) is -0.594. The summed E-state index contributed by atoms with van der Waals surface area (Å²) in [5.41, 5.74) is 6.53. The van der Waals surface area contributed by atoms with Crippen LogP contribution < -0.4 is 5.73 Å². The van der Waals surface area contributed by atoms with E-state index in [1.807, 2.05) is 11.6 Å². The molecule has 1 unspecified atom stereocenters. The van der Waals surface area contributed by atoms with Crippen molar-refractivity contribution >= 4 is 11.9 Å². The van der Waals surface area contributed by atoms with Gasteiger partial charge in [0.2, 0.25) is 0 Å². The number of carbonyl (C=O) groups excluding carboxylic acids is 1. The molecule has 0 spiro atoms. The number of nitrogens with zero attached hydrogens (tertiary/aromatic N) is 4. The van der Waals surface area contributed by atoms with Crippen LogP contribution in [-0.4, -0.2) is 33.4 Å². The molecule has 2 N–H and O–H groups in total. The summed E-state index contributed by atoms with van der Waals surface area (Å²) in [7, 11) is 3.52. The lowest BCUT2D eigenvalue weighted by molar-refractivity contribution is 0.217. The van der Waals surface area contributed by atoms with Crippen molar-refractivity contribution in [1.82, 2.24) is 14.5 Å². The highest BCUT2D eigenvalue weighted by atomic mass is 16.2. The molecule has 1 aliphatic rings. The number of carbonyl (C=O) groups is 1. The van der Waals surface area contributed by atoms with Gasteiger partial charge in [-0.15, -0.1) is 0 Å². The Hall–Kier alpha value is -1.85. The lowest BCUT2D eigenvalue weighted by Gasteiger charge is -2.19. The second-order valence-corrected chi connectivity index (χ2v) is 3.26. The fraction of sp³-hybridized carbons (Fsp3) is 0.375. The van der Waals surface area contributed by atoms with Gasteiger partial charge in [0, 0.05) is 14.1 Å². The van der Waals surface area contributed by atoms with Gasteiger partial charge >= 0.3 is 6.03 Å². The molecule has 1 atom stereocenters. The van der Waals surface area contributed by atoms with E-state index in [2.05, 4.69) is 9.98 Å². The smallest absolute Gasteiger partial charge is 0.345 e. The summed E-state index contributed by atoms with van der Waals surface area (Å²) in [6.45, 7) is 0. The van der Waals surface area contributed by atoms with Crippen LogP contribution in [0, 0.1) is 0 Å². The van der Waals surface area contributed by atoms with Gasteiger partial charge in [0.05, 0.1) is 18.2 Å². The molecule has 1 aliphatic heterocycles. The number of aryl methyl sites for hydroxylation is 1. The SMILES string of the molecule is CN1C(=O)N=C(N)C1c1cncn1C. The molecular formula is C8H11N5O. The van der Waals surface area contributed by atoms with Crippen LogP contribution >= 0.6 is 0 Å². The Bertz CT molecular complexity index is 408. The number of amides is 2. The van der Waals surface area contributed by atoms with Gasteiger partial charge in [0.15, 0.2) is 0 Å². The van der Waals surface area contributed by atoms with Crippen LogP contribution in [0.25, 0.3) is 0 Å². The summed E-state index contributed by atoms with van der Waals surface area (Å²) >= 11 is 0. The normalized spacial score (nSPS) is 21.6. The van der Waals surface area contributed by atoms with Crippen LogP contribution in [0.3, 0.4) is 0 Å². The third-order valence-electron chi connectivity index (χ3n) is 2.33. The minimum Gasteiger partial charge on any atom is -0.385 e. The van der Waals surface area contributed by atoms with E-state index in [4.69, 9.17) is 5.73 Å². The number of urea groups is 1. The first-order valence-electron chi connectivity index (χ1n) is 4.18. The van der Waals surface area contributed by atoms with Crippen molar-refractivity contribution in [2.45, 2.75) is 6.04 Å². The third kappa shape index (κ3) is 1.07. The van der Waals surface area contributed by atoms with Gasteiger partial charge in [-0.25, -0.2) is 9.78 Å². The molecule has 0 saturated carbocycles. The zero-order valence-electron chi connectivity index (χ0n) is 8.01. The molecule has 2 amide bonds. The molecular weight excluding hydrogens is 182 g/mol. The Morgan fingerprint density at radius 2 is 2.21 bits per heavy atom. The Kier molecular flexibility index (Phi) is 1.77. The van der Waals surface area contributed by atoms with Crippen molar-refractivity contribution in [1.29, 1.82) is 0 Å². The number of likely N-dealkylation sites (N-methyl/N-ethyl adjacent to an activating group) is 1. The summed E-state index contributed by atoms with van der Waals surface area (Å²) in [5, 5.41) is 0. The number of imidazole rings is 1. The fourth-order valence-electron chi connectivity index (χ4n) is 1.54. The van der Waals surface area contributed by atoms with Crippen molar-refractivity contribution < 1.29 is 4.79 Å². The Morgan fingerprint density at radius 1 is 1.50 bits per heavy atom. The summed E-state index contributed by atoms with van der Waals surface area (Å²) in [4.78, 5) is 20.4.